The van der Waals surface area contributed by atoms with E-state index < -0.39 is 5.91 Å². The van der Waals surface area contributed by atoms with Crippen LogP contribution in [0.1, 0.15) is 16.3 Å². The summed E-state index contributed by atoms with van der Waals surface area (Å²) in [6.07, 6.45) is 1.45. The molecule has 1 heterocycles. The quantitative estimate of drug-likeness (QED) is 0.643. The van der Waals surface area contributed by atoms with Gasteiger partial charge in [0, 0.05) is 0 Å². The molecule has 0 aliphatic rings. The maximum Gasteiger partial charge on any atom is 0.266 e. The monoisotopic (exact) mass is 168 g/mol. The summed E-state index contributed by atoms with van der Waals surface area (Å²) in [6, 6.07) is 0. The van der Waals surface area contributed by atoms with E-state index in [0.717, 1.165) is 5.82 Å². The fourth-order valence-electron chi connectivity index (χ4n) is 0.868. The molecular weight excluding hydrogens is 156 g/mol. The second-order valence-electron chi connectivity index (χ2n) is 2.85. The van der Waals surface area contributed by atoms with E-state index in [0.29, 0.717) is 12.2 Å². The molecule has 1 aromatic heterocycles. The molecule has 5 heteroatoms. The predicted octanol–water partition coefficient (Wildman–Crippen LogP) is -0.430. The van der Waals surface area contributed by atoms with Crippen LogP contribution in [-0.2, 0) is 6.54 Å². The van der Waals surface area contributed by atoms with Crippen molar-refractivity contribution in [1.29, 1.82) is 0 Å². The maximum atomic E-state index is 10.6. The molecule has 0 aliphatic heterocycles. The van der Waals surface area contributed by atoms with E-state index in [1.807, 2.05) is 19.0 Å². The first-order chi connectivity index (χ1) is 5.59. The zero-order chi connectivity index (χ0) is 9.14. The summed E-state index contributed by atoms with van der Waals surface area (Å²) in [6.45, 7) is 0.674. The summed E-state index contributed by atoms with van der Waals surface area (Å²) in [7, 11) is 3.85. The number of carbonyl (C=O) groups excluding carboxylic acids is 1. The van der Waals surface area contributed by atoms with Crippen molar-refractivity contribution in [3.05, 3.63) is 17.7 Å². The van der Waals surface area contributed by atoms with E-state index in [1.54, 1.807) is 0 Å². The standard InChI is InChI=1S/C7H12N4O/c1-11(2)4-6-9-3-5(10-6)7(8)12/h3H,4H2,1-2H3,(H2,8,12)(H,9,10). The minimum Gasteiger partial charge on any atom is -0.364 e. The molecule has 12 heavy (non-hydrogen) atoms. The number of nitrogens with one attached hydrogen (secondary N) is 1. The van der Waals surface area contributed by atoms with E-state index in [4.69, 9.17) is 5.73 Å². The Bertz CT molecular complexity index is 279. The lowest BCUT2D eigenvalue weighted by atomic mass is 10.5. The highest BCUT2D eigenvalue weighted by molar-refractivity contribution is 5.90. The Morgan fingerprint density at radius 3 is 2.83 bits per heavy atom. The number of H-pyrrole nitrogens is 1. The molecule has 1 aromatic rings. The van der Waals surface area contributed by atoms with Crippen molar-refractivity contribution in [3.63, 3.8) is 0 Å². The van der Waals surface area contributed by atoms with Gasteiger partial charge in [-0.15, -0.1) is 0 Å². The molecule has 1 rings (SSSR count). The van der Waals surface area contributed by atoms with E-state index in [1.165, 1.54) is 6.20 Å². The van der Waals surface area contributed by atoms with E-state index in [-0.39, 0.29) is 0 Å². The normalized spacial score (nSPS) is 10.6. The van der Waals surface area contributed by atoms with Gasteiger partial charge in [0.25, 0.3) is 5.91 Å². The molecule has 5 nitrogen and oxygen atoms in total. The molecular formula is C7H12N4O. The van der Waals surface area contributed by atoms with Gasteiger partial charge in [0.05, 0.1) is 12.7 Å². The number of imidazole rings is 1. The Kier molecular flexibility index (Phi) is 2.44. The summed E-state index contributed by atoms with van der Waals surface area (Å²) >= 11 is 0. The van der Waals surface area contributed by atoms with Crippen molar-refractivity contribution < 1.29 is 4.79 Å². The second kappa shape index (κ2) is 3.36. The van der Waals surface area contributed by atoms with Gasteiger partial charge in [-0.3, -0.25) is 4.79 Å². The smallest absolute Gasteiger partial charge is 0.266 e. The van der Waals surface area contributed by atoms with Gasteiger partial charge in [-0.2, -0.15) is 0 Å². The molecule has 0 bridgehead atoms. The molecule has 0 saturated heterocycles. The molecule has 0 fully saturated rings. The third-order valence-corrected chi connectivity index (χ3v) is 1.36. The van der Waals surface area contributed by atoms with Gasteiger partial charge in [0.1, 0.15) is 11.5 Å². The van der Waals surface area contributed by atoms with Crippen LogP contribution >= 0.6 is 0 Å². The fourth-order valence-corrected chi connectivity index (χ4v) is 0.868. The third-order valence-electron chi connectivity index (χ3n) is 1.36. The highest BCUT2D eigenvalue weighted by Crippen LogP contribution is 1.97. The zero-order valence-corrected chi connectivity index (χ0v) is 7.16. The van der Waals surface area contributed by atoms with Crippen molar-refractivity contribution in [2.45, 2.75) is 6.54 Å². The first-order valence-corrected chi connectivity index (χ1v) is 3.58. The van der Waals surface area contributed by atoms with E-state index in [2.05, 4.69) is 9.97 Å². The summed E-state index contributed by atoms with van der Waals surface area (Å²) in [5.74, 6) is 0.265. The van der Waals surface area contributed by atoms with Gasteiger partial charge in [-0.1, -0.05) is 0 Å². The van der Waals surface area contributed by atoms with Gasteiger partial charge in [-0.25, -0.2) is 4.98 Å². The first kappa shape index (κ1) is 8.73. The molecule has 3 N–H and O–H groups in total. The minimum absolute atomic E-state index is 0.354. The summed E-state index contributed by atoms with van der Waals surface area (Å²) in [4.78, 5) is 19.4. The summed E-state index contributed by atoms with van der Waals surface area (Å²) in [5.41, 5.74) is 5.39. The number of nitrogens with zero attached hydrogens (tertiary/aromatic N) is 2. The molecule has 0 atom stereocenters. The number of aromatic amines is 1. The maximum absolute atomic E-state index is 10.6. The largest absolute Gasteiger partial charge is 0.364 e. The first-order valence-electron chi connectivity index (χ1n) is 3.58. The predicted molar refractivity (Wildman–Crippen MR) is 44.5 cm³/mol. The number of hydrogen-bond donors (Lipinski definition) is 2. The van der Waals surface area contributed by atoms with Crippen LogP contribution in [0.4, 0.5) is 0 Å². The van der Waals surface area contributed by atoms with Crippen LogP contribution in [0.2, 0.25) is 0 Å². The van der Waals surface area contributed by atoms with Crippen molar-refractivity contribution in [3.8, 4) is 0 Å². The SMILES string of the molecule is CN(C)Cc1ncc(C(N)=O)[nH]1. The Labute approximate surface area is 70.6 Å². The lowest BCUT2D eigenvalue weighted by Crippen LogP contribution is -2.13. The highest BCUT2D eigenvalue weighted by Gasteiger charge is 2.05. The van der Waals surface area contributed by atoms with Crippen LogP contribution in [0.15, 0.2) is 6.20 Å². The number of hydrogen-bond acceptors (Lipinski definition) is 3. The van der Waals surface area contributed by atoms with Crippen LogP contribution < -0.4 is 5.73 Å². The molecule has 66 valence electrons. The number of rotatable bonds is 3. The van der Waals surface area contributed by atoms with Gasteiger partial charge in [0.15, 0.2) is 0 Å². The number of amides is 1. The fraction of sp³-hybridized carbons (Fsp3) is 0.429. The van der Waals surface area contributed by atoms with Gasteiger partial charge in [-0.05, 0) is 14.1 Å². The van der Waals surface area contributed by atoms with Crippen molar-refractivity contribution in [1.82, 2.24) is 14.9 Å². The molecule has 0 aliphatic carbocycles. The number of nitrogens with two attached hydrogens (primary N) is 1. The molecule has 0 saturated carbocycles. The van der Waals surface area contributed by atoms with Crippen molar-refractivity contribution in [2.24, 2.45) is 5.73 Å². The van der Waals surface area contributed by atoms with Crippen LogP contribution in [0, 0.1) is 0 Å². The Balaban J connectivity index is 2.71. The number of aromatic nitrogens is 2. The average molecular weight is 168 g/mol. The molecule has 0 radical (unpaired) electrons. The highest BCUT2D eigenvalue weighted by atomic mass is 16.1. The van der Waals surface area contributed by atoms with Gasteiger partial charge >= 0.3 is 0 Å². The molecule has 0 spiro atoms. The summed E-state index contributed by atoms with van der Waals surface area (Å²) < 4.78 is 0. The second-order valence-corrected chi connectivity index (χ2v) is 2.85. The molecule has 0 unspecified atom stereocenters. The van der Waals surface area contributed by atoms with E-state index >= 15 is 0 Å². The number of carbonyl (C=O) groups is 1. The van der Waals surface area contributed by atoms with Crippen LogP contribution in [0.3, 0.4) is 0 Å². The zero-order valence-electron chi connectivity index (χ0n) is 7.16. The third kappa shape index (κ3) is 2.06. The topological polar surface area (TPSA) is 75.0 Å². The van der Waals surface area contributed by atoms with Crippen LogP contribution in [0.5, 0.6) is 0 Å². The lowest BCUT2D eigenvalue weighted by molar-refractivity contribution is 0.0996. The minimum atomic E-state index is -0.479. The van der Waals surface area contributed by atoms with Crippen molar-refractivity contribution >= 4 is 5.91 Å². The molecule has 1 amide bonds. The number of primary amides is 1. The van der Waals surface area contributed by atoms with Gasteiger partial charge in [0.2, 0.25) is 0 Å². The Morgan fingerprint density at radius 1 is 1.75 bits per heavy atom. The lowest BCUT2D eigenvalue weighted by Gasteiger charge is -2.05. The molecule has 0 aromatic carbocycles. The Hall–Kier alpha value is -1.36. The summed E-state index contributed by atoms with van der Waals surface area (Å²) in [5, 5.41) is 0. The van der Waals surface area contributed by atoms with Crippen LogP contribution in [0.25, 0.3) is 0 Å². The average Bonchev–Trinajstić information content (AvgIpc) is 2.34. The van der Waals surface area contributed by atoms with E-state index in [9.17, 15) is 4.79 Å². The van der Waals surface area contributed by atoms with Crippen molar-refractivity contribution in [2.75, 3.05) is 14.1 Å². The van der Waals surface area contributed by atoms with Crippen LogP contribution in [-0.4, -0.2) is 34.9 Å². The van der Waals surface area contributed by atoms with Gasteiger partial charge < -0.3 is 15.6 Å². The Morgan fingerprint density at radius 2 is 2.42 bits per heavy atom.